The molecule has 2 N–H and O–H groups in total. The second-order valence-corrected chi connectivity index (χ2v) is 10.0. The first-order chi connectivity index (χ1) is 17.3. The number of ether oxygens (including phenoxy) is 1. The van der Waals surface area contributed by atoms with Crippen molar-refractivity contribution in [2.24, 2.45) is 12.5 Å². The number of rotatable bonds is 1. The fourth-order valence-electron chi connectivity index (χ4n) is 5.17. The van der Waals surface area contributed by atoms with Crippen LogP contribution in [0.1, 0.15) is 70.5 Å². The minimum atomic E-state index is -0.508. The van der Waals surface area contributed by atoms with Crippen molar-refractivity contribution in [3.8, 4) is 5.75 Å². The number of aryl methyl sites for hydroxylation is 3. The van der Waals surface area contributed by atoms with Gasteiger partial charge < -0.3 is 20.3 Å². The lowest BCUT2D eigenvalue weighted by molar-refractivity contribution is -0.134. The highest BCUT2D eigenvalue weighted by molar-refractivity contribution is 5.97. The Bertz CT molecular complexity index is 1120. The molecule has 0 radical (unpaired) electrons. The van der Waals surface area contributed by atoms with Crippen LogP contribution in [0.4, 0.5) is 0 Å². The average molecular weight is 496 g/mol. The van der Waals surface area contributed by atoms with Gasteiger partial charge in [-0.05, 0) is 63.6 Å². The van der Waals surface area contributed by atoms with E-state index < -0.39 is 5.41 Å². The molecular formula is C27H37N5O4. The van der Waals surface area contributed by atoms with Crippen LogP contribution in [0.15, 0.2) is 24.4 Å². The number of carbonyl (C=O) groups is 3. The van der Waals surface area contributed by atoms with Crippen LogP contribution in [0, 0.1) is 19.3 Å². The average Bonchev–Trinajstić information content (AvgIpc) is 3.20. The van der Waals surface area contributed by atoms with Crippen molar-refractivity contribution in [2.75, 3.05) is 32.8 Å². The smallest absolute Gasteiger partial charge is 0.257 e. The minimum absolute atomic E-state index is 0.0253. The predicted octanol–water partition coefficient (Wildman–Crippen LogP) is 2.76. The number of hydrogen-bond donors (Lipinski definition) is 2. The summed E-state index contributed by atoms with van der Waals surface area (Å²) in [5, 5.41) is 10.4. The molecule has 3 heterocycles. The Kier molecular flexibility index (Phi) is 7.96. The van der Waals surface area contributed by atoms with Crippen LogP contribution in [0.25, 0.3) is 0 Å². The molecule has 2 aromatic rings. The van der Waals surface area contributed by atoms with Crippen LogP contribution in [-0.2, 0) is 11.8 Å². The number of nitrogens with one attached hydrogen (secondary N) is 2. The predicted molar refractivity (Wildman–Crippen MR) is 136 cm³/mol. The Morgan fingerprint density at radius 2 is 1.78 bits per heavy atom. The zero-order chi connectivity index (χ0) is 25.7. The largest absolute Gasteiger partial charge is 0.493 e. The van der Waals surface area contributed by atoms with E-state index in [1.165, 1.54) is 0 Å². The third-order valence-corrected chi connectivity index (χ3v) is 7.35. The lowest BCUT2D eigenvalue weighted by atomic mass is 9.73. The van der Waals surface area contributed by atoms with E-state index in [1.54, 1.807) is 16.9 Å². The van der Waals surface area contributed by atoms with Crippen LogP contribution in [-0.4, -0.2) is 65.2 Å². The standard InChI is InChI=1S/C27H37N5O4/c1-19-7-8-21-23(17-19)36-16-6-13-29-26(35)27(9-4-5-12-28-24(21)33)10-14-32(15-11-27)25(34)22-18-31(3)30-20(22)2/h7-8,17-18H,4-6,9-16H2,1-3H3,(H,28,33)(H,29,35). The molecule has 4 rings (SSSR count). The van der Waals surface area contributed by atoms with Gasteiger partial charge >= 0.3 is 0 Å². The first-order valence-corrected chi connectivity index (χ1v) is 12.9. The Balaban J connectivity index is 1.41. The third-order valence-electron chi connectivity index (χ3n) is 7.35. The topological polar surface area (TPSA) is 106 Å². The molecule has 0 aliphatic carbocycles. The van der Waals surface area contributed by atoms with Gasteiger partial charge in [0.05, 0.1) is 28.8 Å². The fourth-order valence-corrected chi connectivity index (χ4v) is 5.17. The Hall–Kier alpha value is -3.36. The van der Waals surface area contributed by atoms with Crippen molar-refractivity contribution in [1.82, 2.24) is 25.3 Å². The second-order valence-electron chi connectivity index (χ2n) is 10.0. The maximum absolute atomic E-state index is 13.4. The van der Waals surface area contributed by atoms with Gasteiger partial charge in [0, 0.05) is 39.4 Å². The normalized spacial score (nSPS) is 19.4. The maximum atomic E-state index is 13.4. The number of amides is 3. The van der Waals surface area contributed by atoms with Crippen LogP contribution in [0.5, 0.6) is 5.75 Å². The second kappa shape index (κ2) is 11.1. The fraction of sp³-hybridized carbons (Fsp3) is 0.556. The van der Waals surface area contributed by atoms with E-state index in [-0.39, 0.29) is 17.7 Å². The summed E-state index contributed by atoms with van der Waals surface area (Å²) in [5.41, 5.74) is 2.39. The molecule has 36 heavy (non-hydrogen) atoms. The van der Waals surface area contributed by atoms with Crippen molar-refractivity contribution in [3.63, 3.8) is 0 Å². The van der Waals surface area contributed by atoms with Crippen molar-refractivity contribution < 1.29 is 19.1 Å². The number of aromatic nitrogens is 2. The van der Waals surface area contributed by atoms with Crippen LogP contribution < -0.4 is 15.4 Å². The summed E-state index contributed by atoms with van der Waals surface area (Å²) < 4.78 is 7.57. The van der Waals surface area contributed by atoms with E-state index in [4.69, 9.17) is 4.74 Å². The molecule has 0 bridgehead atoms. The van der Waals surface area contributed by atoms with Gasteiger partial charge in [-0.2, -0.15) is 5.10 Å². The molecule has 0 unspecified atom stereocenters. The van der Waals surface area contributed by atoms with Gasteiger partial charge in [-0.15, -0.1) is 0 Å². The summed E-state index contributed by atoms with van der Waals surface area (Å²) in [4.78, 5) is 41.0. The van der Waals surface area contributed by atoms with E-state index in [1.807, 2.05) is 37.9 Å². The Morgan fingerprint density at radius 1 is 1.03 bits per heavy atom. The summed E-state index contributed by atoms with van der Waals surface area (Å²) in [6.45, 7) is 6.33. The van der Waals surface area contributed by atoms with Gasteiger partial charge in [0.25, 0.3) is 11.8 Å². The monoisotopic (exact) mass is 495 g/mol. The number of carbonyl (C=O) groups excluding carboxylic acids is 3. The zero-order valence-corrected chi connectivity index (χ0v) is 21.6. The Labute approximate surface area is 212 Å². The molecule has 2 aliphatic rings. The lowest BCUT2D eigenvalue weighted by Gasteiger charge is -2.41. The highest BCUT2D eigenvalue weighted by atomic mass is 16.5. The molecule has 1 fully saturated rings. The van der Waals surface area contributed by atoms with Crippen LogP contribution in [0.2, 0.25) is 0 Å². The van der Waals surface area contributed by atoms with Gasteiger partial charge in [0.2, 0.25) is 5.91 Å². The Morgan fingerprint density at radius 3 is 2.50 bits per heavy atom. The van der Waals surface area contributed by atoms with Crippen molar-refractivity contribution in [1.29, 1.82) is 0 Å². The first kappa shape index (κ1) is 25.7. The molecular weight excluding hydrogens is 458 g/mol. The van der Waals surface area contributed by atoms with Gasteiger partial charge in [-0.1, -0.05) is 12.5 Å². The number of hydrogen-bond acceptors (Lipinski definition) is 5. The zero-order valence-electron chi connectivity index (χ0n) is 21.6. The molecule has 3 amide bonds. The summed E-state index contributed by atoms with van der Waals surface area (Å²) in [6.07, 6.45) is 5.97. The highest BCUT2D eigenvalue weighted by Gasteiger charge is 2.42. The van der Waals surface area contributed by atoms with Gasteiger partial charge in [-0.25, -0.2) is 0 Å². The molecule has 0 atom stereocenters. The summed E-state index contributed by atoms with van der Waals surface area (Å²) in [7, 11) is 1.81. The molecule has 1 aromatic carbocycles. The summed E-state index contributed by atoms with van der Waals surface area (Å²) >= 11 is 0. The van der Waals surface area contributed by atoms with E-state index in [0.717, 1.165) is 30.5 Å². The van der Waals surface area contributed by atoms with Gasteiger partial charge in [0.1, 0.15) is 5.75 Å². The summed E-state index contributed by atoms with van der Waals surface area (Å²) in [5.74, 6) is 0.470. The molecule has 1 aromatic heterocycles. The van der Waals surface area contributed by atoms with E-state index in [2.05, 4.69) is 15.7 Å². The van der Waals surface area contributed by atoms with Crippen molar-refractivity contribution >= 4 is 17.7 Å². The number of likely N-dealkylation sites (tertiary alicyclic amines) is 1. The minimum Gasteiger partial charge on any atom is -0.493 e. The maximum Gasteiger partial charge on any atom is 0.257 e. The number of piperidine rings is 1. The molecule has 1 spiro atoms. The third kappa shape index (κ3) is 5.71. The van der Waals surface area contributed by atoms with E-state index in [0.29, 0.717) is 68.9 Å². The van der Waals surface area contributed by atoms with Crippen molar-refractivity contribution in [3.05, 3.63) is 46.8 Å². The molecule has 0 saturated carbocycles. The molecule has 194 valence electrons. The molecule has 9 heteroatoms. The van der Waals surface area contributed by atoms with Gasteiger partial charge in [-0.3, -0.25) is 19.1 Å². The summed E-state index contributed by atoms with van der Waals surface area (Å²) in [6, 6.07) is 5.59. The molecule has 2 aliphatic heterocycles. The lowest BCUT2D eigenvalue weighted by Crippen LogP contribution is -2.50. The number of fused-ring (bicyclic) bond motifs is 1. The quantitative estimate of drug-likeness (QED) is 0.633. The van der Waals surface area contributed by atoms with Crippen molar-refractivity contribution in [2.45, 2.75) is 52.4 Å². The van der Waals surface area contributed by atoms with E-state index in [9.17, 15) is 14.4 Å². The van der Waals surface area contributed by atoms with E-state index >= 15 is 0 Å². The highest BCUT2D eigenvalue weighted by Crippen LogP contribution is 2.37. The molecule has 9 nitrogen and oxygen atoms in total. The van der Waals surface area contributed by atoms with Crippen LogP contribution in [0.3, 0.4) is 0 Å². The first-order valence-electron chi connectivity index (χ1n) is 12.9. The van der Waals surface area contributed by atoms with Crippen LogP contribution >= 0.6 is 0 Å². The van der Waals surface area contributed by atoms with Gasteiger partial charge in [0.15, 0.2) is 0 Å². The SMILES string of the molecule is Cc1ccc2c(c1)OCCCNC(=O)C1(CCCCNC2=O)CCN(C(=O)c2cn(C)nc2C)CC1. The molecule has 1 saturated heterocycles. The number of nitrogens with zero attached hydrogens (tertiary/aromatic N) is 3. The number of benzene rings is 1.